The van der Waals surface area contributed by atoms with E-state index >= 15 is 0 Å². The summed E-state index contributed by atoms with van der Waals surface area (Å²) in [6.45, 7) is 5.74. The van der Waals surface area contributed by atoms with E-state index in [4.69, 9.17) is 11.6 Å². The lowest BCUT2D eigenvalue weighted by molar-refractivity contribution is -0.440. The molecule has 1 aliphatic rings. The average Bonchev–Trinajstić information content (AvgIpc) is 2.75. The maximum Gasteiger partial charge on any atom is 0.228 e. The van der Waals surface area contributed by atoms with E-state index in [2.05, 4.69) is 11.6 Å². The molecule has 3 rings (SSSR count). The zero-order valence-corrected chi connectivity index (χ0v) is 15.2. The predicted molar refractivity (Wildman–Crippen MR) is 105 cm³/mol. The van der Waals surface area contributed by atoms with Gasteiger partial charge < -0.3 is 15.2 Å². The molecule has 0 saturated carbocycles. The molecule has 0 aromatic heterocycles. The van der Waals surface area contributed by atoms with Crippen molar-refractivity contribution in [1.82, 2.24) is 4.90 Å². The fourth-order valence-electron chi connectivity index (χ4n) is 2.97. The highest BCUT2D eigenvalue weighted by Gasteiger charge is 2.27. The van der Waals surface area contributed by atoms with E-state index in [1.807, 2.05) is 30.3 Å². The highest BCUT2D eigenvalue weighted by atomic mass is 35.5. The van der Waals surface area contributed by atoms with Crippen LogP contribution in [0.4, 0.5) is 5.69 Å². The van der Waals surface area contributed by atoms with Gasteiger partial charge in [0.05, 0.1) is 11.3 Å². The molecular formula is C20H20ClN3O2. The molecule has 0 spiro atoms. The van der Waals surface area contributed by atoms with Gasteiger partial charge in [-0.25, -0.2) is 4.99 Å². The molecule has 1 heterocycles. The smallest absolute Gasteiger partial charge is 0.228 e. The second-order valence-electron chi connectivity index (χ2n) is 6.01. The Morgan fingerprint density at radius 1 is 1.35 bits per heavy atom. The number of hydrogen-bond donors (Lipinski definition) is 1. The second kappa shape index (κ2) is 7.72. The molecule has 0 aliphatic carbocycles. The summed E-state index contributed by atoms with van der Waals surface area (Å²) in [5.74, 6) is 0.476. The SMILES string of the molecule is C=CCN(C1=Nc2ccc(Cl)cc2C(c2ccccc2)=[N+]([O-])C1)C(C)O. The third-order valence-corrected chi connectivity index (χ3v) is 4.39. The fourth-order valence-corrected chi connectivity index (χ4v) is 3.15. The van der Waals surface area contributed by atoms with Gasteiger partial charge >= 0.3 is 0 Å². The fraction of sp³-hybridized carbons (Fsp3) is 0.200. The minimum Gasteiger partial charge on any atom is -0.623 e. The third-order valence-electron chi connectivity index (χ3n) is 4.15. The van der Waals surface area contributed by atoms with Crippen molar-refractivity contribution < 1.29 is 9.85 Å². The van der Waals surface area contributed by atoms with Gasteiger partial charge in [0, 0.05) is 17.1 Å². The van der Waals surface area contributed by atoms with Crippen LogP contribution in [0.2, 0.25) is 5.02 Å². The molecule has 1 aliphatic heterocycles. The first-order chi connectivity index (χ1) is 12.5. The molecule has 6 heteroatoms. The number of hydrogen-bond acceptors (Lipinski definition) is 4. The van der Waals surface area contributed by atoms with Gasteiger partial charge in [0.15, 0.2) is 5.84 Å². The highest BCUT2D eigenvalue weighted by Crippen LogP contribution is 2.28. The lowest BCUT2D eigenvalue weighted by Crippen LogP contribution is -2.42. The van der Waals surface area contributed by atoms with E-state index in [1.54, 1.807) is 36.1 Å². The number of rotatable bonds is 4. The quantitative estimate of drug-likeness (QED) is 0.388. The number of benzene rings is 2. The van der Waals surface area contributed by atoms with Gasteiger partial charge in [0.1, 0.15) is 6.23 Å². The summed E-state index contributed by atoms with van der Waals surface area (Å²) in [6, 6.07) is 14.7. The summed E-state index contributed by atoms with van der Waals surface area (Å²) < 4.78 is 0.898. The number of hydroxylamine groups is 1. The topological polar surface area (TPSA) is 61.9 Å². The van der Waals surface area contributed by atoms with Gasteiger partial charge in [-0.15, -0.1) is 6.58 Å². The van der Waals surface area contributed by atoms with Gasteiger partial charge in [0.2, 0.25) is 12.3 Å². The Bertz CT molecular complexity index is 876. The molecule has 1 unspecified atom stereocenters. The standard InChI is InChI=1S/C20H20ClN3O2/c1-3-11-23(14(2)25)19-13-24(26)20(15-7-5-4-6-8-15)17-12-16(21)9-10-18(17)22-19/h3-10,12,14,25H,1,11,13H2,2H3. The van der Waals surface area contributed by atoms with Crippen molar-refractivity contribution in [3.05, 3.63) is 82.5 Å². The molecule has 0 bridgehead atoms. The van der Waals surface area contributed by atoms with Crippen LogP contribution in [-0.2, 0) is 0 Å². The van der Waals surface area contributed by atoms with Crippen LogP contribution in [0.25, 0.3) is 0 Å². The molecule has 0 amide bonds. The first-order valence-electron chi connectivity index (χ1n) is 8.31. The molecule has 5 nitrogen and oxygen atoms in total. The molecular weight excluding hydrogens is 350 g/mol. The minimum atomic E-state index is -0.797. The third kappa shape index (κ3) is 3.64. The molecule has 1 atom stereocenters. The summed E-state index contributed by atoms with van der Waals surface area (Å²) in [5.41, 5.74) is 2.59. The monoisotopic (exact) mass is 369 g/mol. The first kappa shape index (κ1) is 18.2. The summed E-state index contributed by atoms with van der Waals surface area (Å²) in [6.07, 6.45) is 0.869. The lowest BCUT2D eigenvalue weighted by atomic mass is 10.0. The van der Waals surface area contributed by atoms with Crippen molar-refractivity contribution in [3.8, 4) is 0 Å². The van der Waals surface area contributed by atoms with Crippen LogP contribution in [0.1, 0.15) is 18.1 Å². The Morgan fingerprint density at radius 2 is 2.08 bits per heavy atom. The normalized spacial score (nSPS) is 15.0. The van der Waals surface area contributed by atoms with Crippen molar-refractivity contribution in [2.75, 3.05) is 13.1 Å². The second-order valence-corrected chi connectivity index (χ2v) is 6.45. The molecule has 0 radical (unpaired) electrons. The Hall–Kier alpha value is -2.63. The lowest BCUT2D eigenvalue weighted by Gasteiger charge is -2.26. The minimum absolute atomic E-state index is 0.00919. The van der Waals surface area contributed by atoms with Crippen LogP contribution in [0.15, 0.2) is 66.2 Å². The number of halogens is 1. The van der Waals surface area contributed by atoms with Crippen LogP contribution >= 0.6 is 11.6 Å². The van der Waals surface area contributed by atoms with Crippen LogP contribution in [0.3, 0.4) is 0 Å². The number of amidine groups is 1. The number of aliphatic imine (C=N–C) groups is 1. The van der Waals surface area contributed by atoms with Gasteiger partial charge in [-0.05, 0) is 37.3 Å². The van der Waals surface area contributed by atoms with Crippen molar-refractivity contribution in [2.45, 2.75) is 13.2 Å². The van der Waals surface area contributed by atoms with E-state index in [9.17, 15) is 10.3 Å². The number of fused-ring (bicyclic) bond motifs is 1. The summed E-state index contributed by atoms with van der Waals surface area (Å²) >= 11 is 6.18. The zero-order valence-electron chi connectivity index (χ0n) is 14.5. The number of nitrogens with zero attached hydrogens (tertiary/aromatic N) is 3. The molecule has 134 valence electrons. The van der Waals surface area contributed by atoms with Crippen molar-refractivity contribution in [3.63, 3.8) is 0 Å². The number of aliphatic hydroxyl groups is 1. The van der Waals surface area contributed by atoms with Crippen molar-refractivity contribution in [2.24, 2.45) is 4.99 Å². The van der Waals surface area contributed by atoms with Crippen LogP contribution < -0.4 is 0 Å². The molecule has 0 saturated heterocycles. The van der Waals surface area contributed by atoms with E-state index < -0.39 is 6.23 Å². The molecule has 1 N–H and O–H groups in total. The largest absolute Gasteiger partial charge is 0.623 e. The highest BCUT2D eigenvalue weighted by molar-refractivity contribution is 6.31. The molecule has 0 fully saturated rings. The van der Waals surface area contributed by atoms with Crippen molar-refractivity contribution >= 4 is 28.8 Å². The Kier molecular flexibility index (Phi) is 5.40. The Morgan fingerprint density at radius 3 is 2.73 bits per heavy atom. The Balaban J connectivity index is 2.20. The summed E-state index contributed by atoms with van der Waals surface area (Å²) in [4.78, 5) is 6.30. The van der Waals surface area contributed by atoms with Crippen LogP contribution in [-0.4, -0.2) is 45.6 Å². The van der Waals surface area contributed by atoms with E-state index in [-0.39, 0.29) is 6.54 Å². The first-order valence-corrected chi connectivity index (χ1v) is 8.69. The molecule has 26 heavy (non-hydrogen) atoms. The Labute approximate surface area is 157 Å². The van der Waals surface area contributed by atoms with Gasteiger partial charge in [-0.2, -0.15) is 4.74 Å². The molecule has 2 aromatic carbocycles. The van der Waals surface area contributed by atoms with Crippen LogP contribution in [0.5, 0.6) is 0 Å². The van der Waals surface area contributed by atoms with Crippen LogP contribution in [0, 0.1) is 5.21 Å². The summed E-state index contributed by atoms with van der Waals surface area (Å²) in [7, 11) is 0. The van der Waals surface area contributed by atoms with E-state index in [0.717, 1.165) is 10.3 Å². The van der Waals surface area contributed by atoms with Gasteiger partial charge in [-0.3, -0.25) is 0 Å². The molecule has 2 aromatic rings. The predicted octanol–water partition coefficient (Wildman–Crippen LogP) is 3.56. The van der Waals surface area contributed by atoms with Gasteiger partial charge in [0.25, 0.3) is 0 Å². The zero-order chi connectivity index (χ0) is 18.7. The van der Waals surface area contributed by atoms with E-state index in [1.165, 1.54) is 0 Å². The average molecular weight is 370 g/mol. The summed E-state index contributed by atoms with van der Waals surface area (Å²) in [5, 5.41) is 23.7. The van der Waals surface area contributed by atoms with E-state index in [0.29, 0.717) is 34.4 Å². The number of aliphatic hydroxyl groups excluding tert-OH is 1. The maximum atomic E-state index is 13.1. The maximum absolute atomic E-state index is 13.1. The van der Waals surface area contributed by atoms with Gasteiger partial charge in [-0.1, -0.05) is 35.9 Å². The van der Waals surface area contributed by atoms with Crippen molar-refractivity contribution in [1.29, 1.82) is 0 Å².